The Morgan fingerprint density at radius 2 is 2.60 bits per heavy atom. The van der Waals surface area contributed by atoms with E-state index in [9.17, 15) is 4.79 Å². The Bertz CT molecular complexity index is 186. The second-order valence-corrected chi connectivity index (χ2v) is 1.81. The quantitative estimate of drug-likeness (QED) is 0.526. The Morgan fingerprint density at radius 3 is 3.10 bits per heavy atom. The van der Waals surface area contributed by atoms with E-state index in [-0.39, 0.29) is 5.97 Å². The lowest BCUT2D eigenvalue weighted by atomic mass is 10.6. The molecule has 0 aromatic heterocycles. The van der Waals surface area contributed by atoms with Gasteiger partial charge in [-0.3, -0.25) is 9.79 Å². The van der Waals surface area contributed by atoms with Crippen molar-refractivity contribution in [3.63, 3.8) is 0 Å². The van der Waals surface area contributed by atoms with Crippen molar-refractivity contribution >= 4 is 12.2 Å². The van der Waals surface area contributed by atoms with Gasteiger partial charge in [-0.05, 0) is 6.08 Å². The minimum absolute atomic E-state index is 0.332. The van der Waals surface area contributed by atoms with E-state index in [1.54, 1.807) is 18.5 Å². The lowest BCUT2D eigenvalue weighted by Gasteiger charge is -2.16. The number of hydroxylamine groups is 2. The molecule has 54 valence electrons. The summed E-state index contributed by atoms with van der Waals surface area (Å²) < 4.78 is 0. The van der Waals surface area contributed by atoms with Gasteiger partial charge in [0.25, 0.3) is 0 Å². The Morgan fingerprint density at radius 1 is 1.80 bits per heavy atom. The van der Waals surface area contributed by atoms with Crippen LogP contribution in [0.2, 0.25) is 0 Å². The van der Waals surface area contributed by atoms with Crippen molar-refractivity contribution in [3.05, 3.63) is 12.3 Å². The summed E-state index contributed by atoms with van der Waals surface area (Å²) in [6, 6.07) is 0. The average molecular weight is 140 g/mol. The van der Waals surface area contributed by atoms with Crippen LogP contribution < -0.4 is 0 Å². The molecule has 0 saturated heterocycles. The zero-order valence-corrected chi connectivity index (χ0v) is 5.65. The normalized spacial score (nSPS) is 15.5. The van der Waals surface area contributed by atoms with E-state index in [0.717, 1.165) is 0 Å². The minimum Gasteiger partial charge on any atom is -0.340 e. The van der Waals surface area contributed by atoms with Crippen molar-refractivity contribution in [2.24, 2.45) is 4.99 Å². The summed E-state index contributed by atoms with van der Waals surface area (Å²) in [5.41, 5.74) is 0. The van der Waals surface area contributed by atoms with Crippen LogP contribution in [0.4, 0.5) is 0 Å². The smallest absolute Gasteiger partial charge is 0.329 e. The molecule has 0 unspecified atom stereocenters. The molecule has 0 aromatic carbocycles. The standard InChI is InChI=1S/C6H8N2O2/c1-6(9)10-8-4-2-3-7-5-8/h2-4H,5H2,1H3. The van der Waals surface area contributed by atoms with Gasteiger partial charge in [0.15, 0.2) is 0 Å². The highest BCUT2D eigenvalue weighted by Crippen LogP contribution is 1.96. The van der Waals surface area contributed by atoms with E-state index in [0.29, 0.717) is 6.67 Å². The first-order valence-electron chi connectivity index (χ1n) is 2.91. The van der Waals surface area contributed by atoms with Crippen molar-refractivity contribution in [2.45, 2.75) is 6.92 Å². The number of hydrogen-bond acceptors (Lipinski definition) is 4. The van der Waals surface area contributed by atoms with Crippen LogP contribution in [0.1, 0.15) is 6.92 Å². The fourth-order valence-electron chi connectivity index (χ4n) is 0.595. The predicted octanol–water partition coefficient (Wildman–Crippen LogP) is 0.322. The van der Waals surface area contributed by atoms with Crippen molar-refractivity contribution in [3.8, 4) is 0 Å². The fraction of sp³-hybridized carbons (Fsp3) is 0.333. The number of allylic oxidation sites excluding steroid dienone is 1. The maximum atomic E-state index is 10.4. The number of aliphatic imine (C=N–C) groups is 1. The summed E-state index contributed by atoms with van der Waals surface area (Å²) in [6.07, 6.45) is 5.00. The van der Waals surface area contributed by atoms with Crippen LogP contribution in [0.3, 0.4) is 0 Å². The Balaban J connectivity index is 2.37. The maximum Gasteiger partial charge on any atom is 0.329 e. The first-order valence-corrected chi connectivity index (χ1v) is 2.91. The van der Waals surface area contributed by atoms with Gasteiger partial charge in [0.05, 0.1) is 0 Å². The van der Waals surface area contributed by atoms with Crippen LogP contribution in [-0.2, 0) is 9.63 Å². The molecule has 10 heavy (non-hydrogen) atoms. The van der Waals surface area contributed by atoms with Gasteiger partial charge in [-0.1, -0.05) is 0 Å². The molecule has 0 N–H and O–H groups in total. The van der Waals surface area contributed by atoms with Gasteiger partial charge in [0, 0.05) is 19.3 Å². The van der Waals surface area contributed by atoms with E-state index < -0.39 is 0 Å². The Labute approximate surface area is 58.8 Å². The first-order chi connectivity index (χ1) is 4.79. The van der Waals surface area contributed by atoms with Gasteiger partial charge in [0.1, 0.15) is 6.67 Å². The number of carbonyl (C=O) groups is 1. The van der Waals surface area contributed by atoms with Crippen molar-refractivity contribution in [2.75, 3.05) is 6.67 Å². The molecule has 1 rings (SSSR count). The number of nitrogens with zero attached hydrogens (tertiary/aromatic N) is 2. The second kappa shape index (κ2) is 3.00. The Hall–Kier alpha value is -1.32. The van der Waals surface area contributed by atoms with Crippen LogP contribution in [0.5, 0.6) is 0 Å². The molecular formula is C6H8N2O2. The highest BCUT2D eigenvalue weighted by atomic mass is 16.7. The molecule has 0 atom stereocenters. The van der Waals surface area contributed by atoms with Crippen LogP contribution >= 0.6 is 0 Å². The molecule has 0 radical (unpaired) electrons. The minimum atomic E-state index is -0.332. The molecule has 1 aliphatic heterocycles. The maximum absolute atomic E-state index is 10.4. The zero-order chi connectivity index (χ0) is 7.40. The van der Waals surface area contributed by atoms with E-state index in [4.69, 9.17) is 0 Å². The molecule has 0 saturated carbocycles. The van der Waals surface area contributed by atoms with Gasteiger partial charge in [0.2, 0.25) is 0 Å². The fourth-order valence-corrected chi connectivity index (χ4v) is 0.595. The summed E-state index contributed by atoms with van der Waals surface area (Å²) in [5.74, 6) is -0.332. The van der Waals surface area contributed by atoms with Gasteiger partial charge in [-0.25, -0.2) is 0 Å². The van der Waals surface area contributed by atoms with E-state index in [1.165, 1.54) is 12.0 Å². The second-order valence-electron chi connectivity index (χ2n) is 1.81. The topological polar surface area (TPSA) is 41.9 Å². The van der Waals surface area contributed by atoms with Crippen LogP contribution in [0.25, 0.3) is 0 Å². The summed E-state index contributed by atoms with van der Waals surface area (Å²) in [4.78, 5) is 18.9. The number of carbonyl (C=O) groups excluding carboxylic acids is 1. The molecule has 0 spiro atoms. The number of rotatable bonds is 1. The first kappa shape index (κ1) is 6.80. The van der Waals surface area contributed by atoms with E-state index >= 15 is 0 Å². The molecule has 0 bridgehead atoms. The average Bonchev–Trinajstić information content (AvgIpc) is 1.88. The third-order valence-electron chi connectivity index (χ3n) is 0.911. The van der Waals surface area contributed by atoms with Crippen molar-refractivity contribution < 1.29 is 9.63 Å². The molecule has 0 aromatic rings. The largest absolute Gasteiger partial charge is 0.340 e. The predicted molar refractivity (Wildman–Crippen MR) is 36.1 cm³/mol. The molecule has 4 nitrogen and oxygen atoms in total. The summed E-state index contributed by atoms with van der Waals surface area (Å²) in [6.45, 7) is 1.74. The summed E-state index contributed by atoms with van der Waals surface area (Å²) in [5, 5.41) is 1.36. The molecular weight excluding hydrogens is 132 g/mol. The monoisotopic (exact) mass is 140 g/mol. The third-order valence-corrected chi connectivity index (χ3v) is 0.911. The van der Waals surface area contributed by atoms with Crippen LogP contribution in [0, 0.1) is 0 Å². The molecule has 4 heteroatoms. The highest BCUT2D eigenvalue weighted by molar-refractivity contribution is 5.71. The van der Waals surface area contributed by atoms with Gasteiger partial charge in [-0.15, -0.1) is 0 Å². The van der Waals surface area contributed by atoms with Crippen molar-refractivity contribution in [1.29, 1.82) is 0 Å². The SMILES string of the molecule is CC(=O)ON1C=CC=NC1. The molecule has 1 aliphatic rings. The van der Waals surface area contributed by atoms with Gasteiger partial charge in [-0.2, -0.15) is 5.06 Å². The van der Waals surface area contributed by atoms with Gasteiger partial charge < -0.3 is 4.84 Å². The molecule has 0 fully saturated rings. The van der Waals surface area contributed by atoms with E-state index in [1.807, 2.05) is 0 Å². The zero-order valence-electron chi connectivity index (χ0n) is 5.65. The highest BCUT2D eigenvalue weighted by Gasteiger charge is 2.02. The Kier molecular flexibility index (Phi) is 2.04. The molecule has 0 aliphatic carbocycles. The molecule has 1 heterocycles. The number of hydrogen-bond donors (Lipinski definition) is 0. The van der Waals surface area contributed by atoms with Crippen molar-refractivity contribution in [1.82, 2.24) is 5.06 Å². The lowest BCUT2D eigenvalue weighted by Crippen LogP contribution is -2.22. The van der Waals surface area contributed by atoms with Gasteiger partial charge >= 0.3 is 5.97 Å². The molecule has 0 amide bonds. The van der Waals surface area contributed by atoms with Crippen LogP contribution in [-0.4, -0.2) is 23.9 Å². The van der Waals surface area contributed by atoms with Crippen LogP contribution in [0.15, 0.2) is 17.3 Å². The summed E-state index contributed by atoms with van der Waals surface area (Å²) in [7, 11) is 0. The lowest BCUT2D eigenvalue weighted by molar-refractivity contribution is -0.175. The third kappa shape index (κ3) is 1.89. The summed E-state index contributed by atoms with van der Waals surface area (Å²) >= 11 is 0. The van der Waals surface area contributed by atoms with E-state index in [2.05, 4.69) is 9.83 Å².